The van der Waals surface area contributed by atoms with Crippen molar-refractivity contribution < 1.29 is 0 Å². The zero-order valence-electron chi connectivity index (χ0n) is 13.1. The molecule has 1 aliphatic rings. The van der Waals surface area contributed by atoms with Crippen LogP contribution in [0.1, 0.15) is 33.1 Å². The lowest BCUT2D eigenvalue weighted by Crippen LogP contribution is -2.24. The SMILES string of the molecule is CCN(CC)c1ccc(NC2CCCN(C)CC2)cn1. The molecule has 4 heteroatoms. The number of hydrogen-bond donors (Lipinski definition) is 1. The van der Waals surface area contributed by atoms with E-state index in [1.165, 1.54) is 32.4 Å². The van der Waals surface area contributed by atoms with Gasteiger partial charge < -0.3 is 15.1 Å². The summed E-state index contributed by atoms with van der Waals surface area (Å²) in [4.78, 5) is 9.27. The van der Waals surface area contributed by atoms with Crippen LogP contribution in [-0.2, 0) is 0 Å². The first-order valence-corrected chi connectivity index (χ1v) is 7.89. The summed E-state index contributed by atoms with van der Waals surface area (Å²) < 4.78 is 0. The summed E-state index contributed by atoms with van der Waals surface area (Å²) in [7, 11) is 2.21. The first kappa shape index (κ1) is 15.1. The second kappa shape index (κ2) is 7.48. The molecule has 1 atom stereocenters. The van der Waals surface area contributed by atoms with Crippen LogP contribution in [0.5, 0.6) is 0 Å². The zero-order chi connectivity index (χ0) is 14.4. The molecule has 0 aromatic carbocycles. The minimum absolute atomic E-state index is 0.584. The smallest absolute Gasteiger partial charge is 0.128 e. The van der Waals surface area contributed by atoms with Crippen LogP contribution in [0.15, 0.2) is 18.3 Å². The molecule has 0 bridgehead atoms. The number of anilines is 2. The minimum Gasteiger partial charge on any atom is -0.381 e. The van der Waals surface area contributed by atoms with Crippen molar-refractivity contribution in [2.24, 2.45) is 0 Å². The summed E-state index contributed by atoms with van der Waals surface area (Å²) in [5, 5.41) is 3.64. The Bertz CT molecular complexity index is 386. The lowest BCUT2D eigenvalue weighted by atomic mass is 10.1. The third-order valence-electron chi connectivity index (χ3n) is 4.16. The third kappa shape index (κ3) is 4.10. The first-order valence-electron chi connectivity index (χ1n) is 7.89. The highest BCUT2D eigenvalue weighted by Gasteiger charge is 2.14. The van der Waals surface area contributed by atoms with Crippen molar-refractivity contribution in [1.29, 1.82) is 0 Å². The van der Waals surface area contributed by atoms with Gasteiger partial charge in [-0.05, 0) is 65.4 Å². The van der Waals surface area contributed by atoms with E-state index < -0.39 is 0 Å². The fourth-order valence-electron chi connectivity index (χ4n) is 2.83. The van der Waals surface area contributed by atoms with Gasteiger partial charge >= 0.3 is 0 Å². The van der Waals surface area contributed by atoms with Gasteiger partial charge in [0, 0.05) is 19.1 Å². The maximum atomic E-state index is 4.58. The Labute approximate surface area is 123 Å². The zero-order valence-corrected chi connectivity index (χ0v) is 13.1. The Morgan fingerprint density at radius 1 is 1.25 bits per heavy atom. The van der Waals surface area contributed by atoms with Crippen LogP contribution in [0.3, 0.4) is 0 Å². The Morgan fingerprint density at radius 2 is 2.05 bits per heavy atom. The van der Waals surface area contributed by atoms with E-state index >= 15 is 0 Å². The average Bonchev–Trinajstić information content (AvgIpc) is 2.67. The van der Waals surface area contributed by atoms with Crippen molar-refractivity contribution >= 4 is 11.5 Å². The predicted octanol–water partition coefficient (Wildman–Crippen LogP) is 2.82. The molecule has 1 aromatic rings. The number of aromatic nitrogens is 1. The largest absolute Gasteiger partial charge is 0.381 e. The van der Waals surface area contributed by atoms with Gasteiger partial charge in [0.05, 0.1) is 11.9 Å². The molecule has 1 aromatic heterocycles. The topological polar surface area (TPSA) is 31.4 Å². The highest BCUT2D eigenvalue weighted by Crippen LogP contribution is 2.18. The van der Waals surface area contributed by atoms with E-state index in [0.717, 1.165) is 24.6 Å². The average molecular weight is 276 g/mol. The predicted molar refractivity (Wildman–Crippen MR) is 86.6 cm³/mol. The van der Waals surface area contributed by atoms with Crippen molar-refractivity contribution in [2.45, 2.75) is 39.2 Å². The third-order valence-corrected chi connectivity index (χ3v) is 4.16. The molecule has 4 nitrogen and oxygen atoms in total. The van der Waals surface area contributed by atoms with Crippen LogP contribution in [0.2, 0.25) is 0 Å². The molecule has 0 spiro atoms. The molecule has 0 saturated carbocycles. The van der Waals surface area contributed by atoms with Crippen LogP contribution in [-0.4, -0.2) is 49.2 Å². The van der Waals surface area contributed by atoms with Gasteiger partial charge in [-0.25, -0.2) is 4.98 Å². The first-order chi connectivity index (χ1) is 9.72. The van der Waals surface area contributed by atoms with Gasteiger partial charge in [0.2, 0.25) is 0 Å². The molecule has 0 radical (unpaired) electrons. The van der Waals surface area contributed by atoms with Gasteiger partial charge in [0.1, 0.15) is 5.82 Å². The Kier molecular flexibility index (Phi) is 5.65. The van der Waals surface area contributed by atoms with E-state index in [4.69, 9.17) is 0 Å². The summed E-state index contributed by atoms with van der Waals surface area (Å²) >= 11 is 0. The highest BCUT2D eigenvalue weighted by atomic mass is 15.2. The molecule has 1 unspecified atom stereocenters. The standard InChI is InChI=1S/C16H28N4/c1-4-20(5-2)16-9-8-15(13-17-16)18-14-7-6-11-19(3)12-10-14/h8-9,13-14,18H,4-7,10-12H2,1-3H3. The lowest BCUT2D eigenvalue weighted by molar-refractivity contribution is 0.348. The van der Waals surface area contributed by atoms with Crippen LogP contribution >= 0.6 is 0 Å². The molecular formula is C16H28N4. The molecule has 1 aliphatic heterocycles. The number of nitrogens with zero attached hydrogens (tertiary/aromatic N) is 3. The second-order valence-electron chi connectivity index (χ2n) is 5.65. The maximum Gasteiger partial charge on any atom is 0.128 e. The van der Waals surface area contributed by atoms with E-state index in [-0.39, 0.29) is 0 Å². The summed E-state index contributed by atoms with van der Waals surface area (Å²) in [5.41, 5.74) is 1.15. The number of rotatable bonds is 5. The monoisotopic (exact) mass is 276 g/mol. The molecule has 0 aliphatic carbocycles. The number of likely N-dealkylation sites (tertiary alicyclic amines) is 1. The summed E-state index contributed by atoms with van der Waals surface area (Å²) in [6.07, 6.45) is 5.72. The molecular weight excluding hydrogens is 248 g/mol. The number of hydrogen-bond acceptors (Lipinski definition) is 4. The van der Waals surface area contributed by atoms with Gasteiger partial charge in [0.15, 0.2) is 0 Å². The molecule has 1 N–H and O–H groups in total. The van der Waals surface area contributed by atoms with Crippen LogP contribution in [0.4, 0.5) is 11.5 Å². The van der Waals surface area contributed by atoms with E-state index in [0.29, 0.717) is 6.04 Å². The van der Waals surface area contributed by atoms with Crippen LogP contribution in [0, 0.1) is 0 Å². The van der Waals surface area contributed by atoms with Gasteiger partial charge in [-0.3, -0.25) is 0 Å². The highest BCUT2D eigenvalue weighted by molar-refractivity contribution is 5.49. The normalized spacial score (nSPS) is 20.4. The van der Waals surface area contributed by atoms with Crippen molar-refractivity contribution in [2.75, 3.05) is 43.4 Å². The van der Waals surface area contributed by atoms with E-state index in [1.807, 2.05) is 6.20 Å². The van der Waals surface area contributed by atoms with Crippen molar-refractivity contribution in [1.82, 2.24) is 9.88 Å². The maximum absolute atomic E-state index is 4.58. The number of pyridine rings is 1. The summed E-state index contributed by atoms with van der Waals surface area (Å²) in [6, 6.07) is 4.87. The molecule has 112 valence electrons. The quantitative estimate of drug-likeness (QED) is 0.896. The summed E-state index contributed by atoms with van der Waals surface area (Å²) in [6.45, 7) is 8.75. The van der Waals surface area contributed by atoms with E-state index in [1.54, 1.807) is 0 Å². The molecule has 1 saturated heterocycles. The minimum atomic E-state index is 0.584. The van der Waals surface area contributed by atoms with Gasteiger partial charge in [0.25, 0.3) is 0 Å². The van der Waals surface area contributed by atoms with E-state index in [9.17, 15) is 0 Å². The molecule has 2 heterocycles. The Morgan fingerprint density at radius 3 is 2.70 bits per heavy atom. The van der Waals surface area contributed by atoms with Crippen molar-refractivity contribution in [3.63, 3.8) is 0 Å². The van der Waals surface area contributed by atoms with Crippen LogP contribution < -0.4 is 10.2 Å². The molecule has 0 amide bonds. The fourth-order valence-corrected chi connectivity index (χ4v) is 2.83. The van der Waals surface area contributed by atoms with Crippen molar-refractivity contribution in [3.05, 3.63) is 18.3 Å². The molecule has 2 rings (SSSR count). The van der Waals surface area contributed by atoms with Gasteiger partial charge in [-0.2, -0.15) is 0 Å². The van der Waals surface area contributed by atoms with Crippen LogP contribution in [0.25, 0.3) is 0 Å². The summed E-state index contributed by atoms with van der Waals surface area (Å²) in [5.74, 6) is 1.07. The number of nitrogens with one attached hydrogen (secondary N) is 1. The van der Waals surface area contributed by atoms with Gasteiger partial charge in [-0.1, -0.05) is 0 Å². The molecule has 1 fully saturated rings. The lowest BCUT2D eigenvalue weighted by Gasteiger charge is -2.21. The van der Waals surface area contributed by atoms with E-state index in [2.05, 4.69) is 53.1 Å². The fraction of sp³-hybridized carbons (Fsp3) is 0.688. The van der Waals surface area contributed by atoms with Crippen molar-refractivity contribution in [3.8, 4) is 0 Å². The second-order valence-corrected chi connectivity index (χ2v) is 5.65. The Balaban J connectivity index is 1.93. The van der Waals surface area contributed by atoms with Gasteiger partial charge in [-0.15, -0.1) is 0 Å². The Hall–Kier alpha value is -1.29. The molecule has 20 heavy (non-hydrogen) atoms.